The van der Waals surface area contributed by atoms with Crippen LogP contribution in [0.15, 0.2) is 0 Å². The van der Waals surface area contributed by atoms with Gasteiger partial charge in [0, 0.05) is 24.7 Å². The third-order valence-electron chi connectivity index (χ3n) is 5.92. The number of hydrogen-bond acceptors (Lipinski definition) is 2. The quantitative estimate of drug-likeness (QED) is 0.810. The van der Waals surface area contributed by atoms with Gasteiger partial charge >= 0.3 is 0 Å². The lowest BCUT2D eigenvalue weighted by Crippen LogP contribution is -2.65. The second kappa shape index (κ2) is 5.50. The monoisotopic (exact) mass is 250 g/mol. The maximum absolute atomic E-state index is 3.94. The fourth-order valence-electron chi connectivity index (χ4n) is 4.77. The molecular weight excluding hydrogens is 220 g/mol. The Kier molecular flexibility index (Phi) is 3.95. The van der Waals surface area contributed by atoms with E-state index >= 15 is 0 Å². The molecule has 1 atom stereocenters. The van der Waals surface area contributed by atoms with Gasteiger partial charge in [0.1, 0.15) is 0 Å². The smallest absolute Gasteiger partial charge is 0.0334 e. The highest BCUT2D eigenvalue weighted by atomic mass is 15.3. The Morgan fingerprint density at radius 1 is 1.06 bits per heavy atom. The summed E-state index contributed by atoms with van der Waals surface area (Å²) in [5, 5.41) is 3.94. The summed E-state index contributed by atoms with van der Waals surface area (Å²) in [5.74, 6) is 0.964. The van der Waals surface area contributed by atoms with Crippen molar-refractivity contribution in [2.45, 2.75) is 76.3 Å². The van der Waals surface area contributed by atoms with E-state index < -0.39 is 0 Å². The zero-order chi connectivity index (χ0) is 12.4. The zero-order valence-corrected chi connectivity index (χ0v) is 12.1. The molecule has 18 heavy (non-hydrogen) atoms. The topological polar surface area (TPSA) is 15.3 Å². The summed E-state index contributed by atoms with van der Waals surface area (Å²) in [5.41, 5.74) is 0.542. The van der Waals surface area contributed by atoms with Crippen molar-refractivity contribution < 1.29 is 0 Å². The molecule has 3 fully saturated rings. The molecule has 0 radical (unpaired) electrons. The average molecular weight is 250 g/mol. The maximum atomic E-state index is 3.94. The van der Waals surface area contributed by atoms with Crippen molar-refractivity contribution in [3.63, 3.8) is 0 Å². The summed E-state index contributed by atoms with van der Waals surface area (Å²) < 4.78 is 0. The van der Waals surface area contributed by atoms with E-state index in [2.05, 4.69) is 17.1 Å². The van der Waals surface area contributed by atoms with Gasteiger partial charge < -0.3 is 5.32 Å². The predicted molar refractivity (Wildman–Crippen MR) is 76.8 cm³/mol. The van der Waals surface area contributed by atoms with E-state index in [1.807, 2.05) is 0 Å². The van der Waals surface area contributed by atoms with E-state index in [0.29, 0.717) is 5.54 Å². The van der Waals surface area contributed by atoms with E-state index in [1.54, 1.807) is 0 Å². The Labute approximate surface area is 113 Å². The Morgan fingerprint density at radius 2 is 1.78 bits per heavy atom. The van der Waals surface area contributed by atoms with Crippen LogP contribution in [-0.4, -0.2) is 36.1 Å². The molecule has 2 saturated carbocycles. The molecule has 2 heteroatoms. The molecule has 1 aliphatic heterocycles. The van der Waals surface area contributed by atoms with E-state index in [-0.39, 0.29) is 0 Å². The van der Waals surface area contributed by atoms with Crippen LogP contribution < -0.4 is 5.32 Å². The Balaban J connectivity index is 1.64. The number of likely N-dealkylation sites (N-methyl/N-ethyl adjacent to an activating group) is 1. The molecule has 1 heterocycles. The second-order valence-corrected chi connectivity index (χ2v) is 6.86. The van der Waals surface area contributed by atoms with E-state index in [0.717, 1.165) is 12.0 Å². The van der Waals surface area contributed by atoms with Crippen molar-refractivity contribution in [3.8, 4) is 0 Å². The van der Waals surface area contributed by atoms with Gasteiger partial charge in [0.2, 0.25) is 0 Å². The van der Waals surface area contributed by atoms with Crippen LogP contribution in [0.2, 0.25) is 0 Å². The minimum atomic E-state index is 0.542. The first-order valence-electron chi connectivity index (χ1n) is 8.32. The minimum absolute atomic E-state index is 0.542. The standard InChI is InChI=1S/C16H30N2/c1-2-18-12-15(14-8-4-3-5-9-14)17-13-16(18)10-6-7-11-16/h14-15,17H,2-13H2,1H3. The molecule has 1 saturated heterocycles. The summed E-state index contributed by atoms with van der Waals surface area (Å²) in [4.78, 5) is 2.83. The van der Waals surface area contributed by atoms with E-state index in [1.165, 1.54) is 77.4 Å². The molecule has 1 N–H and O–H groups in total. The maximum Gasteiger partial charge on any atom is 0.0334 e. The zero-order valence-electron chi connectivity index (χ0n) is 12.1. The predicted octanol–water partition coefficient (Wildman–Crippen LogP) is 3.17. The molecule has 2 aliphatic carbocycles. The van der Waals surface area contributed by atoms with Crippen LogP contribution in [-0.2, 0) is 0 Å². The van der Waals surface area contributed by atoms with Crippen molar-refractivity contribution in [1.82, 2.24) is 10.2 Å². The molecule has 0 aromatic heterocycles. The van der Waals surface area contributed by atoms with Gasteiger partial charge in [-0.3, -0.25) is 4.90 Å². The fourth-order valence-corrected chi connectivity index (χ4v) is 4.77. The number of rotatable bonds is 2. The van der Waals surface area contributed by atoms with Gasteiger partial charge in [-0.05, 0) is 38.1 Å². The summed E-state index contributed by atoms with van der Waals surface area (Å²) in [7, 11) is 0. The van der Waals surface area contributed by atoms with Crippen LogP contribution in [0.1, 0.15) is 64.7 Å². The summed E-state index contributed by atoms with van der Waals surface area (Å²) in [6.45, 7) is 6.21. The number of hydrogen-bond donors (Lipinski definition) is 1. The van der Waals surface area contributed by atoms with Gasteiger partial charge in [0.05, 0.1) is 0 Å². The van der Waals surface area contributed by atoms with Crippen LogP contribution >= 0.6 is 0 Å². The van der Waals surface area contributed by atoms with Crippen LogP contribution in [0.5, 0.6) is 0 Å². The molecule has 0 aromatic carbocycles. The Morgan fingerprint density at radius 3 is 2.44 bits per heavy atom. The van der Waals surface area contributed by atoms with E-state index in [4.69, 9.17) is 0 Å². The number of nitrogens with zero attached hydrogens (tertiary/aromatic N) is 1. The molecule has 1 spiro atoms. The van der Waals surface area contributed by atoms with Gasteiger partial charge in [-0.15, -0.1) is 0 Å². The van der Waals surface area contributed by atoms with E-state index in [9.17, 15) is 0 Å². The van der Waals surface area contributed by atoms with Crippen molar-refractivity contribution >= 4 is 0 Å². The Bertz CT molecular complexity index is 264. The van der Waals surface area contributed by atoms with Gasteiger partial charge in [0.25, 0.3) is 0 Å². The summed E-state index contributed by atoms with van der Waals surface area (Å²) in [6.07, 6.45) is 13.1. The van der Waals surface area contributed by atoms with Crippen molar-refractivity contribution in [3.05, 3.63) is 0 Å². The van der Waals surface area contributed by atoms with Crippen LogP contribution in [0.3, 0.4) is 0 Å². The van der Waals surface area contributed by atoms with Gasteiger partial charge in [0.15, 0.2) is 0 Å². The minimum Gasteiger partial charge on any atom is -0.311 e. The van der Waals surface area contributed by atoms with Crippen molar-refractivity contribution in [2.75, 3.05) is 19.6 Å². The molecule has 3 rings (SSSR count). The second-order valence-electron chi connectivity index (χ2n) is 6.86. The third-order valence-corrected chi connectivity index (χ3v) is 5.92. The fraction of sp³-hybridized carbons (Fsp3) is 1.00. The first-order chi connectivity index (χ1) is 8.84. The summed E-state index contributed by atoms with van der Waals surface area (Å²) in [6, 6.07) is 0.788. The number of piperazine rings is 1. The lowest BCUT2D eigenvalue weighted by Gasteiger charge is -2.50. The highest BCUT2D eigenvalue weighted by molar-refractivity contribution is 5.02. The largest absolute Gasteiger partial charge is 0.311 e. The third kappa shape index (κ3) is 2.34. The molecule has 0 bridgehead atoms. The van der Waals surface area contributed by atoms with Crippen LogP contribution in [0, 0.1) is 5.92 Å². The molecule has 3 aliphatic rings. The molecular formula is C16H30N2. The Hall–Kier alpha value is -0.0800. The van der Waals surface area contributed by atoms with Gasteiger partial charge in [-0.25, -0.2) is 0 Å². The normalized spacial score (nSPS) is 34.2. The lowest BCUT2D eigenvalue weighted by atomic mass is 9.80. The first kappa shape index (κ1) is 12.9. The molecule has 104 valence electrons. The summed E-state index contributed by atoms with van der Waals surface area (Å²) >= 11 is 0. The molecule has 0 amide bonds. The molecule has 1 unspecified atom stereocenters. The number of nitrogens with one attached hydrogen (secondary N) is 1. The lowest BCUT2D eigenvalue weighted by molar-refractivity contribution is 0.0288. The van der Waals surface area contributed by atoms with Gasteiger partial charge in [-0.2, -0.15) is 0 Å². The van der Waals surface area contributed by atoms with Gasteiger partial charge in [-0.1, -0.05) is 39.0 Å². The average Bonchev–Trinajstić information content (AvgIpc) is 2.90. The van der Waals surface area contributed by atoms with Crippen LogP contribution in [0.4, 0.5) is 0 Å². The SMILES string of the molecule is CCN1CC(C2CCCCC2)NCC12CCCC2. The highest BCUT2D eigenvalue weighted by Crippen LogP contribution is 2.38. The first-order valence-corrected chi connectivity index (χ1v) is 8.32. The van der Waals surface area contributed by atoms with Crippen LogP contribution in [0.25, 0.3) is 0 Å². The molecule has 0 aromatic rings. The van der Waals surface area contributed by atoms with Crippen molar-refractivity contribution in [2.24, 2.45) is 5.92 Å². The van der Waals surface area contributed by atoms with Crippen molar-refractivity contribution in [1.29, 1.82) is 0 Å². The highest BCUT2D eigenvalue weighted by Gasteiger charge is 2.43. The molecule has 2 nitrogen and oxygen atoms in total.